The molecule has 0 unspecified atom stereocenters. The van der Waals surface area contributed by atoms with E-state index < -0.39 is 0 Å². The van der Waals surface area contributed by atoms with Gasteiger partial charge in [-0.1, -0.05) is 6.92 Å². The van der Waals surface area contributed by atoms with Crippen LogP contribution in [0.3, 0.4) is 0 Å². The van der Waals surface area contributed by atoms with Crippen LogP contribution in [0.5, 0.6) is 0 Å². The van der Waals surface area contributed by atoms with E-state index in [1.807, 2.05) is 5.01 Å². The number of aliphatic hydroxyl groups excluding tert-OH is 1. The Kier molecular flexibility index (Phi) is 4.61. The number of hydrogen-bond acceptors (Lipinski definition) is 5. The summed E-state index contributed by atoms with van der Waals surface area (Å²) in [5, 5.41) is 15.5. The largest absolute Gasteiger partial charge is 0.396 e. The zero-order valence-corrected chi connectivity index (χ0v) is 13.3. The van der Waals surface area contributed by atoms with Crippen molar-refractivity contribution in [3.63, 3.8) is 0 Å². The number of thiophene rings is 1. The molecular weight excluding hydrogens is 301 g/mol. The fourth-order valence-electron chi connectivity index (χ4n) is 2.54. The molecule has 0 spiro atoms. The van der Waals surface area contributed by atoms with Crippen LogP contribution in [0.15, 0.2) is 24.3 Å². The molecule has 1 aromatic carbocycles. The van der Waals surface area contributed by atoms with Crippen molar-refractivity contribution in [1.82, 2.24) is 5.43 Å². The number of nitrogens with zero attached hydrogens (tertiary/aromatic N) is 1. The number of aryl methyl sites for hydroxylation is 1. The molecule has 4 nitrogen and oxygen atoms in total. The van der Waals surface area contributed by atoms with E-state index in [0.29, 0.717) is 19.5 Å². The van der Waals surface area contributed by atoms with Gasteiger partial charge in [-0.05, 0) is 37.1 Å². The van der Waals surface area contributed by atoms with Gasteiger partial charge in [0.1, 0.15) is 10.8 Å². The quantitative estimate of drug-likeness (QED) is 0.739. The van der Waals surface area contributed by atoms with Crippen molar-refractivity contribution >= 4 is 27.7 Å². The lowest BCUT2D eigenvalue weighted by Crippen LogP contribution is -2.34. The van der Waals surface area contributed by atoms with E-state index >= 15 is 0 Å². The normalized spacial score (nSPS) is 13.3. The molecule has 3 rings (SSSR count). The number of hydrogen-bond donors (Lipinski definition) is 3. The zero-order valence-electron chi connectivity index (χ0n) is 12.5. The van der Waals surface area contributed by atoms with E-state index in [0.717, 1.165) is 22.8 Å². The van der Waals surface area contributed by atoms with Crippen LogP contribution >= 0.6 is 11.3 Å². The first-order valence-electron chi connectivity index (χ1n) is 7.52. The summed E-state index contributed by atoms with van der Waals surface area (Å²) in [4.78, 5) is 1.33. The predicted molar refractivity (Wildman–Crippen MR) is 89.3 cm³/mol. The van der Waals surface area contributed by atoms with Crippen molar-refractivity contribution in [2.75, 3.05) is 23.5 Å². The first-order valence-corrected chi connectivity index (χ1v) is 8.34. The predicted octanol–water partition coefficient (Wildman–Crippen LogP) is 3.40. The fourth-order valence-corrected chi connectivity index (χ4v) is 3.65. The van der Waals surface area contributed by atoms with E-state index in [-0.39, 0.29) is 12.4 Å². The molecule has 3 N–H and O–H groups in total. The second kappa shape index (κ2) is 6.64. The van der Waals surface area contributed by atoms with Gasteiger partial charge in [0.2, 0.25) is 0 Å². The van der Waals surface area contributed by atoms with Gasteiger partial charge in [0, 0.05) is 30.1 Å². The van der Waals surface area contributed by atoms with Crippen LogP contribution in [-0.2, 0) is 13.0 Å². The van der Waals surface area contributed by atoms with Crippen molar-refractivity contribution in [2.45, 2.75) is 26.3 Å². The van der Waals surface area contributed by atoms with Crippen LogP contribution in [0.25, 0.3) is 0 Å². The molecule has 1 aromatic heterocycles. The molecule has 2 aromatic rings. The van der Waals surface area contributed by atoms with Crippen LogP contribution in [0.2, 0.25) is 0 Å². The number of benzene rings is 1. The highest BCUT2D eigenvalue weighted by Crippen LogP contribution is 2.41. The molecule has 2 heterocycles. The van der Waals surface area contributed by atoms with E-state index in [4.69, 9.17) is 5.11 Å². The Morgan fingerprint density at radius 2 is 2.27 bits per heavy atom. The smallest absolute Gasteiger partial charge is 0.125 e. The van der Waals surface area contributed by atoms with E-state index in [1.165, 1.54) is 22.6 Å². The Balaban J connectivity index is 2.01. The lowest BCUT2D eigenvalue weighted by Gasteiger charge is -2.25. The molecule has 0 fully saturated rings. The Hall–Kier alpha value is -1.63. The van der Waals surface area contributed by atoms with Gasteiger partial charge < -0.3 is 10.4 Å². The van der Waals surface area contributed by atoms with Crippen molar-refractivity contribution in [3.05, 3.63) is 40.5 Å². The maximum Gasteiger partial charge on any atom is 0.125 e. The van der Waals surface area contributed by atoms with Gasteiger partial charge in [-0.2, -0.15) is 0 Å². The highest BCUT2D eigenvalue weighted by molar-refractivity contribution is 7.16. The minimum Gasteiger partial charge on any atom is -0.396 e. The molecule has 1 aliphatic heterocycles. The van der Waals surface area contributed by atoms with Crippen LogP contribution in [0.1, 0.15) is 23.8 Å². The minimum absolute atomic E-state index is 0.146. The zero-order chi connectivity index (χ0) is 15.5. The van der Waals surface area contributed by atoms with E-state index in [9.17, 15) is 4.39 Å². The lowest BCUT2D eigenvalue weighted by atomic mass is 10.2. The summed E-state index contributed by atoms with van der Waals surface area (Å²) in [6, 6.07) is 6.98. The van der Waals surface area contributed by atoms with Crippen molar-refractivity contribution in [3.8, 4) is 0 Å². The molecule has 0 saturated carbocycles. The maximum absolute atomic E-state index is 13.5. The molecule has 6 heteroatoms. The first-order chi connectivity index (χ1) is 10.7. The summed E-state index contributed by atoms with van der Waals surface area (Å²) in [6.45, 7) is 3.63. The third kappa shape index (κ3) is 2.95. The van der Waals surface area contributed by atoms with Gasteiger partial charge in [0.15, 0.2) is 0 Å². The van der Waals surface area contributed by atoms with Crippen molar-refractivity contribution < 1.29 is 9.50 Å². The molecule has 0 saturated heterocycles. The summed E-state index contributed by atoms with van der Waals surface area (Å²) in [5.41, 5.74) is 6.24. The van der Waals surface area contributed by atoms with Gasteiger partial charge in [-0.25, -0.2) is 9.82 Å². The van der Waals surface area contributed by atoms with E-state index in [2.05, 4.69) is 23.7 Å². The molecular formula is C16H20FN3OS. The molecule has 0 atom stereocenters. The van der Waals surface area contributed by atoms with Gasteiger partial charge >= 0.3 is 0 Å². The lowest BCUT2D eigenvalue weighted by molar-refractivity contribution is 0.286. The highest BCUT2D eigenvalue weighted by atomic mass is 32.1. The van der Waals surface area contributed by atoms with Crippen molar-refractivity contribution in [2.24, 2.45) is 0 Å². The molecule has 118 valence electrons. The summed E-state index contributed by atoms with van der Waals surface area (Å²) in [6.07, 6.45) is 1.67. The molecule has 1 aliphatic rings. The summed E-state index contributed by atoms with van der Waals surface area (Å²) < 4.78 is 13.5. The van der Waals surface area contributed by atoms with Crippen LogP contribution in [0.4, 0.5) is 20.8 Å². The second-order valence-corrected chi connectivity index (χ2v) is 6.35. The van der Waals surface area contributed by atoms with Crippen LogP contribution in [0, 0.1) is 5.82 Å². The van der Waals surface area contributed by atoms with Crippen molar-refractivity contribution in [1.29, 1.82) is 0 Å². The Morgan fingerprint density at radius 1 is 1.41 bits per heavy atom. The van der Waals surface area contributed by atoms with Gasteiger partial charge in [0.05, 0.1) is 11.4 Å². The van der Waals surface area contributed by atoms with E-state index in [1.54, 1.807) is 17.4 Å². The number of nitrogens with one attached hydrogen (secondary N) is 2. The number of fused-ring (bicyclic) bond motifs is 2. The number of hydrazine groups is 1. The highest BCUT2D eigenvalue weighted by Gasteiger charge is 2.23. The SMILES string of the molecule is CCc1cc2c(s1)N(NCCCO)c1ccc(F)cc1NC2. The standard InChI is InChI=1S/C16H20FN3OS/c1-2-13-8-11-10-18-14-9-12(17)4-5-15(14)20(16(11)22-13)19-6-3-7-21/h4-5,8-9,18-19,21H,2-3,6-7,10H2,1H3. The maximum atomic E-state index is 13.5. The third-order valence-electron chi connectivity index (χ3n) is 3.66. The number of anilines is 3. The van der Waals surface area contributed by atoms with Crippen LogP contribution in [-0.4, -0.2) is 18.3 Å². The summed E-state index contributed by atoms with van der Waals surface area (Å²) in [7, 11) is 0. The Labute approximate surface area is 133 Å². The minimum atomic E-state index is -0.249. The number of aliphatic hydroxyl groups is 1. The Bertz CT molecular complexity index is 659. The van der Waals surface area contributed by atoms with Crippen LogP contribution < -0.4 is 15.8 Å². The molecule has 0 radical (unpaired) electrons. The molecule has 0 bridgehead atoms. The average Bonchev–Trinajstić information content (AvgIpc) is 2.88. The average molecular weight is 321 g/mol. The van der Waals surface area contributed by atoms with Gasteiger partial charge in [-0.3, -0.25) is 5.01 Å². The monoisotopic (exact) mass is 321 g/mol. The molecule has 22 heavy (non-hydrogen) atoms. The van der Waals surface area contributed by atoms with Gasteiger partial charge in [0.25, 0.3) is 0 Å². The second-order valence-electron chi connectivity index (χ2n) is 5.23. The topological polar surface area (TPSA) is 47.5 Å². The number of rotatable bonds is 5. The summed E-state index contributed by atoms with van der Waals surface area (Å²) in [5.74, 6) is -0.249. The molecule has 0 amide bonds. The number of halogens is 1. The molecule has 0 aliphatic carbocycles. The third-order valence-corrected chi connectivity index (χ3v) is 4.97. The van der Waals surface area contributed by atoms with Gasteiger partial charge in [-0.15, -0.1) is 11.3 Å². The fraction of sp³-hybridized carbons (Fsp3) is 0.375. The summed E-state index contributed by atoms with van der Waals surface area (Å²) >= 11 is 1.75. The first kappa shape index (κ1) is 15.3. The Morgan fingerprint density at radius 3 is 3.05 bits per heavy atom.